The van der Waals surface area contributed by atoms with Gasteiger partial charge in [-0.1, -0.05) is 0 Å². The highest BCUT2D eigenvalue weighted by molar-refractivity contribution is 6.08. The molecule has 190 valence electrons. The van der Waals surface area contributed by atoms with Crippen LogP contribution in [0.15, 0.2) is 12.1 Å². The minimum Gasteiger partial charge on any atom is -0.444 e. The summed E-state index contributed by atoms with van der Waals surface area (Å²) in [4.78, 5) is 54.4. The molecule has 35 heavy (non-hydrogen) atoms. The molecule has 9 nitrogen and oxygen atoms in total. The fourth-order valence-electron chi connectivity index (χ4n) is 4.71. The maximum Gasteiger partial charge on any atom is 0.410 e. The number of fused-ring (bicyclic) bond motifs is 1. The number of benzene rings is 1. The van der Waals surface area contributed by atoms with Gasteiger partial charge in [-0.15, -0.1) is 0 Å². The predicted octanol–water partition coefficient (Wildman–Crippen LogP) is 2.99. The van der Waals surface area contributed by atoms with Crippen LogP contribution in [0.1, 0.15) is 56.0 Å². The largest absolute Gasteiger partial charge is 0.444 e. The standard InChI is InChI=1S/C24H29F2N3O6/c1-24(2,3)35-23(33)28-8-6-27(7-9-28)15-10-14-13-29(17-5-4-16(30)12-18(17)31)21(32)20(14)19(11-15)34-22(25)26/h10-11,17,22H,4-9,12-13H2,1-3H3. The van der Waals surface area contributed by atoms with E-state index in [9.17, 15) is 28.0 Å². The van der Waals surface area contributed by atoms with Crippen molar-refractivity contribution in [3.63, 3.8) is 0 Å². The Morgan fingerprint density at radius 2 is 1.77 bits per heavy atom. The number of rotatable bonds is 4. The lowest BCUT2D eigenvalue weighted by molar-refractivity contribution is -0.133. The summed E-state index contributed by atoms with van der Waals surface area (Å²) in [7, 11) is 0. The molecular weight excluding hydrogens is 464 g/mol. The van der Waals surface area contributed by atoms with Crippen LogP contribution < -0.4 is 9.64 Å². The SMILES string of the molecule is CC(C)(C)OC(=O)N1CCN(c2cc3c(c(OC(F)F)c2)C(=O)N(C2CCC(=O)CC2=O)C3)CC1. The highest BCUT2D eigenvalue weighted by Crippen LogP contribution is 2.38. The van der Waals surface area contributed by atoms with Gasteiger partial charge in [-0.3, -0.25) is 14.4 Å². The molecule has 11 heteroatoms. The molecule has 2 aliphatic heterocycles. The highest BCUT2D eigenvalue weighted by Gasteiger charge is 2.41. The molecule has 4 rings (SSSR count). The summed E-state index contributed by atoms with van der Waals surface area (Å²) in [6.45, 7) is 3.96. The van der Waals surface area contributed by atoms with Gasteiger partial charge in [-0.2, -0.15) is 8.78 Å². The van der Waals surface area contributed by atoms with Gasteiger partial charge in [0.25, 0.3) is 5.91 Å². The molecule has 2 fully saturated rings. The molecule has 3 aliphatic rings. The van der Waals surface area contributed by atoms with Crippen molar-refractivity contribution in [3.8, 4) is 5.75 Å². The number of ether oxygens (including phenoxy) is 2. The van der Waals surface area contributed by atoms with Crippen LogP contribution in [-0.2, 0) is 20.9 Å². The van der Waals surface area contributed by atoms with E-state index in [4.69, 9.17) is 9.47 Å². The zero-order chi connectivity index (χ0) is 25.5. The molecule has 0 bridgehead atoms. The van der Waals surface area contributed by atoms with Gasteiger partial charge in [0, 0.05) is 50.9 Å². The van der Waals surface area contributed by atoms with Crippen LogP contribution in [0, 0.1) is 0 Å². The summed E-state index contributed by atoms with van der Waals surface area (Å²) in [6.07, 6.45) is -0.214. The Kier molecular flexibility index (Phi) is 6.70. The summed E-state index contributed by atoms with van der Waals surface area (Å²) in [5.74, 6) is -1.29. The van der Waals surface area contributed by atoms with Crippen molar-refractivity contribution in [2.45, 2.75) is 64.8 Å². The average Bonchev–Trinajstić information content (AvgIpc) is 3.08. The third-order valence-electron chi connectivity index (χ3n) is 6.31. The fraction of sp³-hybridized carbons (Fsp3) is 0.583. The van der Waals surface area contributed by atoms with Crippen LogP contribution in [0.4, 0.5) is 19.3 Å². The van der Waals surface area contributed by atoms with Crippen LogP contribution >= 0.6 is 0 Å². The summed E-state index contributed by atoms with van der Waals surface area (Å²) in [5.41, 5.74) is 0.484. The topological polar surface area (TPSA) is 96.5 Å². The van der Waals surface area contributed by atoms with Crippen molar-refractivity contribution in [2.75, 3.05) is 31.1 Å². The van der Waals surface area contributed by atoms with E-state index in [1.54, 1.807) is 31.7 Å². The zero-order valence-corrected chi connectivity index (χ0v) is 20.0. The number of amides is 2. The maximum absolute atomic E-state index is 13.2. The molecule has 2 heterocycles. The van der Waals surface area contributed by atoms with Crippen molar-refractivity contribution in [2.24, 2.45) is 0 Å². The number of carbonyl (C=O) groups is 4. The Morgan fingerprint density at radius 3 is 2.37 bits per heavy atom. The normalized spacial score (nSPS) is 21.0. The Bertz CT molecular complexity index is 1050. The van der Waals surface area contributed by atoms with Crippen molar-refractivity contribution in [3.05, 3.63) is 23.3 Å². The smallest absolute Gasteiger partial charge is 0.410 e. The van der Waals surface area contributed by atoms with Crippen LogP contribution in [-0.4, -0.2) is 77.8 Å². The van der Waals surface area contributed by atoms with Gasteiger partial charge in [0.05, 0.1) is 18.0 Å². The number of anilines is 1. The van der Waals surface area contributed by atoms with E-state index in [0.717, 1.165) is 0 Å². The van der Waals surface area contributed by atoms with Crippen molar-refractivity contribution >= 4 is 29.3 Å². The van der Waals surface area contributed by atoms with Gasteiger partial charge in [0.1, 0.15) is 17.1 Å². The molecule has 1 unspecified atom stereocenters. The van der Waals surface area contributed by atoms with Gasteiger partial charge in [-0.05, 0) is 38.8 Å². The minimum atomic E-state index is -3.13. The van der Waals surface area contributed by atoms with Gasteiger partial charge in [0.15, 0.2) is 5.78 Å². The summed E-state index contributed by atoms with van der Waals surface area (Å²) < 4.78 is 36.6. The number of halogens is 2. The third-order valence-corrected chi connectivity index (χ3v) is 6.31. The van der Waals surface area contributed by atoms with Crippen LogP contribution in [0.25, 0.3) is 0 Å². The lowest BCUT2D eigenvalue weighted by atomic mass is 9.92. The number of hydrogen-bond donors (Lipinski definition) is 0. The van der Waals surface area contributed by atoms with E-state index in [1.165, 1.54) is 11.0 Å². The minimum absolute atomic E-state index is 0.0196. The van der Waals surface area contributed by atoms with E-state index < -0.39 is 30.3 Å². The Morgan fingerprint density at radius 1 is 1.09 bits per heavy atom. The number of nitrogens with zero attached hydrogens (tertiary/aromatic N) is 3. The number of Topliss-reactive ketones (excluding diaryl/α,β-unsaturated/α-hetero) is 2. The van der Waals surface area contributed by atoms with E-state index >= 15 is 0 Å². The maximum atomic E-state index is 13.2. The van der Waals surface area contributed by atoms with Crippen LogP contribution in [0.2, 0.25) is 0 Å². The van der Waals surface area contributed by atoms with Gasteiger partial charge >= 0.3 is 12.7 Å². The van der Waals surface area contributed by atoms with Crippen molar-refractivity contribution < 1.29 is 37.4 Å². The summed E-state index contributed by atoms with van der Waals surface area (Å²) >= 11 is 0. The van der Waals surface area contributed by atoms with Crippen LogP contribution in [0.3, 0.4) is 0 Å². The van der Waals surface area contributed by atoms with Crippen molar-refractivity contribution in [1.29, 1.82) is 0 Å². The first-order valence-electron chi connectivity index (χ1n) is 11.6. The van der Waals surface area contributed by atoms with E-state index in [2.05, 4.69) is 0 Å². The number of carbonyl (C=O) groups excluding carboxylic acids is 4. The lowest BCUT2D eigenvalue weighted by Crippen LogP contribution is -2.50. The molecule has 1 aliphatic carbocycles. The molecule has 1 atom stereocenters. The average molecular weight is 494 g/mol. The zero-order valence-electron chi connectivity index (χ0n) is 20.0. The predicted molar refractivity (Wildman–Crippen MR) is 121 cm³/mol. The van der Waals surface area contributed by atoms with Crippen LogP contribution in [0.5, 0.6) is 5.75 Å². The monoisotopic (exact) mass is 493 g/mol. The third kappa shape index (κ3) is 5.38. The second-order valence-electron chi connectivity index (χ2n) is 9.98. The first kappa shape index (κ1) is 24.9. The number of piperazine rings is 1. The number of ketones is 2. The first-order chi connectivity index (χ1) is 16.4. The molecule has 1 aromatic carbocycles. The van der Waals surface area contributed by atoms with E-state index in [0.29, 0.717) is 37.4 Å². The summed E-state index contributed by atoms with van der Waals surface area (Å²) in [6, 6.07) is 2.39. The fourth-order valence-corrected chi connectivity index (χ4v) is 4.71. The second kappa shape index (κ2) is 9.43. The molecule has 1 aromatic rings. The molecule has 0 aromatic heterocycles. The molecule has 0 N–H and O–H groups in total. The van der Waals surface area contributed by atoms with Gasteiger partial charge in [0.2, 0.25) is 0 Å². The molecule has 1 saturated heterocycles. The molecule has 2 amide bonds. The van der Waals surface area contributed by atoms with Gasteiger partial charge in [-0.25, -0.2) is 4.79 Å². The summed E-state index contributed by atoms with van der Waals surface area (Å²) in [5, 5.41) is 0. The lowest BCUT2D eigenvalue weighted by Gasteiger charge is -2.37. The van der Waals surface area contributed by atoms with E-state index in [-0.39, 0.29) is 48.7 Å². The first-order valence-corrected chi connectivity index (χ1v) is 11.6. The Hall–Kier alpha value is -3.24. The van der Waals surface area contributed by atoms with Gasteiger partial charge < -0.3 is 24.2 Å². The number of hydrogen-bond acceptors (Lipinski definition) is 7. The highest BCUT2D eigenvalue weighted by atomic mass is 19.3. The Labute approximate surface area is 201 Å². The second-order valence-corrected chi connectivity index (χ2v) is 9.98. The molecular formula is C24H29F2N3O6. The molecule has 0 radical (unpaired) electrons. The number of alkyl halides is 2. The van der Waals surface area contributed by atoms with E-state index in [1.807, 2.05) is 4.90 Å². The quantitative estimate of drug-likeness (QED) is 0.595. The molecule has 1 saturated carbocycles. The van der Waals surface area contributed by atoms with Crippen molar-refractivity contribution in [1.82, 2.24) is 9.80 Å². The Balaban J connectivity index is 1.54. The molecule has 0 spiro atoms.